The zero-order valence-corrected chi connectivity index (χ0v) is 10.9. The van der Waals surface area contributed by atoms with Gasteiger partial charge in [-0.15, -0.1) is 0 Å². The highest BCUT2D eigenvalue weighted by Crippen LogP contribution is 2.23. The predicted molar refractivity (Wildman–Crippen MR) is 73.0 cm³/mol. The number of primary amides is 1. The Morgan fingerprint density at radius 2 is 2.28 bits per heavy atom. The molecule has 1 amide bonds. The Bertz CT molecular complexity index is 445. The first-order valence-corrected chi connectivity index (χ1v) is 6.50. The van der Waals surface area contributed by atoms with Crippen LogP contribution in [0.15, 0.2) is 18.2 Å². The molecule has 1 aliphatic rings. The van der Waals surface area contributed by atoms with Gasteiger partial charge in [0, 0.05) is 24.3 Å². The summed E-state index contributed by atoms with van der Waals surface area (Å²) in [6.07, 6.45) is 2.52. The van der Waals surface area contributed by atoms with Crippen LogP contribution in [0.1, 0.15) is 35.7 Å². The second-order valence-electron chi connectivity index (χ2n) is 5.08. The van der Waals surface area contributed by atoms with E-state index in [1.807, 2.05) is 6.07 Å². The third kappa shape index (κ3) is 2.82. The summed E-state index contributed by atoms with van der Waals surface area (Å²) in [7, 11) is 0. The molecule has 1 atom stereocenters. The molecule has 0 bridgehead atoms. The maximum absolute atomic E-state index is 11.0. The second kappa shape index (κ2) is 5.40. The minimum absolute atomic E-state index is 0.430. The van der Waals surface area contributed by atoms with Crippen molar-refractivity contribution in [3.05, 3.63) is 29.3 Å². The highest BCUT2D eigenvalue weighted by Gasteiger charge is 2.21. The number of anilines is 1. The first kappa shape index (κ1) is 12.9. The fourth-order valence-electron chi connectivity index (χ4n) is 2.52. The average Bonchev–Trinajstić information content (AvgIpc) is 2.79. The molecule has 98 valence electrons. The number of hydrogen-bond donors (Lipinski definition) is 2. The summed E-state index contributed by atoms with van der Waals surface area (Å²) in [6.45, 7) is 5.38. The lowest BCUT2D eigenvalue weighted by Gasteiger charge is -2.17. The molecule has 2 rings (SSSR count). The van der Waals surface area contributed by atoms with Crippen LogP contribution in [0, 0.1) is 5.92 Å². The van der Waals surface area contributed by atoms with Crippen LogP contribution in [-0.4, -0.2) is 23.9 Å². The van der Waals surface area contributed by atoms with Gasteiger partial charge in [-0.1, -0.05) is 19.4 Å². The standard InChI is InChI=1S/C14H21N3O/c1-2-10-5-6-17(8-10)9-12-4-3-11(14(16)18)7-13(12)15/h3-4,7,10H,2,5-6,8-9,15H2,1H3,(H2,16,18). The van der Waals surface area contributed by atoms with Crippen LogP contribution < -0.4 is 11.5 Å². The van der Waals surface area contributed by atoms with Crippen molar-refractivity contribution in [3.8, 4) is 0 Å². The van der Waals surface area contributed by atoms with Gasteiger partial charge in [0.2, 0.25) is 5.91 Å². The summed E-state index contributed by atoms with van der Waals surface area (Å²) < 4.78 is 0. The number of carbonyl (C=O) groups is 1. The molecule has 4 nitrogen and oxygen atoms in total. The van der Waals surface area contributed by atoms with E-state index in [1.165, 1.54) is 12.8 Å². The van der Waals surface area contributed by atoms with Crippen molar-refractivity contribution >= 4 is 11.6 Å². The lowest BCUT2D eigenvalue weighted by molar-refractivity contribution is 0.100. The largest absolute Gasteiger partial charge is 0.398 e. The molecule has 0 spiro atoms. The molecule has 1 aromatic carbocycles. The highest BCUT2D eigenvalue weighted by atomic mass is 16.1. The minimum Gasteiger partial charge on any atom is -0.398 e. The molecule has 18 heavy (non-hydrogen) atoms. The van der Waals surface area contributed by atoms with Crippen molar-refractivity contribution in [1.82, 2.24) is 4.90 Å². The molecule has 0 saturated carbocycles. The van der Waals surface area contributed by atoms with Crippen molar-refractivity contribution in [1.29, 1.82) is 0 Å². The number of hydrogen-bond acceptors (Lipinski definition) is 3. The number of nitrogens with zero attached hydrogens (tertiary/aromatic N) is 1. The molecular weight excluding hydrogens is 226 g/mol. The van der Waals surface area contributed by atoms with Crippen LogP contribution >= 0.6 is 0 Å². The zero-order chi connectivity index (χ0) is 13.1. The SMILES string of the molecule is CCC1CCN(Cc2ccc(C(N)=O)cc2N)C1. The van der Waals surface area contributed by atoms with Crippen molar-refractivity contribution < 1.29 is 4.79 Å². The van der Waals surface area contributed by atoms with Gasteiger partial charge in [-0.3, -0.25) is 9.69 Å². The Labute approximate surface area is 108 Å². The van der Waals surface area contributed by atoms with Crippen molar-refractivity contribution in [3.63, 3.8) is 0 Å². The molecule has 0 radical (unpaired) electrons. The number of rotatable bonds is 4. The second-order valence-corrected chi connectivity index (χ2v) is 5.08. The van der Waals surface area contributed by atoms with E-state index in [2.05, 4.69) is 11.8 Å². The quantitative estimate of drug-likeness (QED) is 0.794. The van der Waals surface area contributed by atoms with Crippen LogP contribution in [0.25, 0.3) is 0 Å². The number of amides is 1. The van der Waals surface area contributed by atoms with E-state index in [1.54, 1.807) is 12.1 Å². The van der Waals surface area contributed by atoms with Crippen LogP contribution in [0.3, 0.4) is 0 Å². The van der Waals surface area contributed by atoms with E-state index in [-0.39, 0.29) is 0 Å². The fraction of sp³-hybridized carbons (Fsp3) is 0.500. The lowest BCUT2D eigenvalue weighted by Crippen LogP contribution is -2.21. The highest BCUT2D eigenvalue weighted by molar-refractivity contribution is 5.93. The van der Waals surface area contributed by atoms with E-state index in [9.17, 15) is 4.79 Å². The predicted octanol–water partition coefficient (Wildman–Crippen LogP) is 1.60. The minimum atomic E-state index is -0.430. The molecule has 1 unspecified atom stereocenters. The molecule has 0 aliphatic carbocycles. The number of nitrogen functional groups attached to an aromatic ring is 1. The molecule has 1 heterocycles. The van der Waals surface area contributed by atoms with E-state index in [4.69, 9.17) is 11.5 Å². The van der Waals surface area contributed by atoms with Crippen LogP contribution in [0.4, 0.5) is 5.69 Å². The Kier molecular flexibility index (Phi) is 3.87. The van der Waals surface area contributed by atoms with Crippen molar-refractivity contribution in [2.45, 2.75) is 26.3 Å². The summed E-state index contributed by atoms with van der Waals surface area (Å²) in [6, 6.07) is 5.33. The maximum Gasteiger partial charge on any atom is 0.248 e. The molecule has 1 saturated heterocycles. The molecule has 4 N–H and O–H groups in total. The maximum atomic E-state index is 11.0. The number of nitrogens with two attached hydrogens (primary N) is 2. The first-order valence-electron chi connectivity index (χ1n) is 6.50. The van der Waals surface area contributed by atoms with Crippen molar-refractivity contribution in [2.24, 2.45) is 11.7 Å². The summed E-state index contributed by atoms with van der Waals surface area (Å²) >= 11 is 0. The lowest BCUT2D eigenvalue weighted by atomic mass is 10.1. The average molecular weight is 247 g/mol. The normalized spacial score (nSPS) is 20.2. The smallest absolute Gasteiger partial charge is 0.248 e. The van der Waals surface area contributed by atoms with Gasteiger partial charge in [0.05, 0.1) is 0 Å². The van der Waals surface area contributed by atoms with Gasteiger partial charge < -0.3 is 11.5 Å². The number of carbonyl (C=O) groups excluding carboxylic acids is 1. The van der Waals surface area contributed by atoms with Crippen LogP contribution in [-0.2, 0) is 6.54 Å². The van der Waals surface area contributed by atoms with Crippen LogP contribution in [0.5, 0.6) is 0 Å². The fourth-order valence-corrected chi connectivity index (χ4v) is 2.52. The molecule has 4 heteroatoms. The molecule has 1 aliphatic heterocycles. The summed E-state index contributed by atoms with van der Waals surface area (Å²) in [5.74, 6) is 0.386. The van der Waals surface area contributed by atoms with Gasteiger partial charge in [0.25, 0.3) is 0 Å². The van der Waals surface area contributed by atoms with Crippen molar-refractivity contribution in [2.75, 3.05) is 18.8 Å². The van der Waals surface area contributed by atoms with Crippen LogP contribution in [0.2, 0.25) is 0 Å². The molecule has 1 aromatic rings. The number of benzene rings is 1. The Morgan fingerprint density at radius 1 is 1.50 bits per heavy atom. The first-order chi connectivity index (χ1) is 8.60. The van der Waals surface area contributed by atoms with E-state index < -0.39 is 5.91 Å². The van der Waals surface area contributed by atoms with E-state index in [0.29, 0.717) is 11.3 Å². The Hall–Kier alpha value is -1.55. The van der Waals surface area contributed by atoms with Gasteiger partial charge in [-0.05, 0) is 36.6 Å². The van der Waals surface area contributed by atoms with E-state index >= 15 is 0 Å². The monoisotopic (exact) mass is 247 g/mol. The van der Waals surface area contributed by atoms with Gasteiger partial charge in [-0.25, -0.2) is 0 Å². The molecule has 0 aromatic heterocycles. The van der Waals surface area contributed by atoms with E-state index in [0.717, 1.165) is 31.1 Å². The van der Waals surface area contributed by atoms with Gasteiger partial charge in [-0.2, -0.15) is 0 Å². The topological polar surface area (TPSA) is 72.3 Å². The summed E-state index contributed by atoms with van der Waals surface area (Å²) in [4.78, 5) is 13.5. The molecular formula is C14H21N3O. The Balaban J connectivity index is 2.04. The van der Waals surface area contributed by atoms with Gasteiger partial charge in [0.15, 0.2) is 0 Å². The third-order valence-electron chi connectivity index (χ3n) is 3.77. The van der Waals surface area contributed by atoms with Gasteiger partial charge >= 0.3 is 0 Å². The summed E-state index contributed by atoms with van der Waals surface area (Å²) in [5, 5.41) is 0. The zero-order valence-electron chi connectivity index (χ0n) is 10.9. The summed E-state index contributed by atoms with van der Waals surface area (Å²) in [5.41, 5.74) is 13.4. The van der Waals surface area contributed by atoms with Gasteiger partial charge in [0.1, 0.15) is 0 Å². The third-order valence-corrected chi connectivity index (χ3v) is 3.77. The molecule has 1 fully saturated rings. The number of likely N-dealkylation sites (tertiary alicyclic amines) is 1. The Morgan fingerprint density at radius 3 is 2.83 bits per heavy atom.